The number of benzene rings is 2. The van der Waals surface area contributed by atoms with Gasteiger partial charge in [0.1, 0.15) is 12.0 Å². The zero-order valence-corrected chi connectivity index (χ0v) is 14.8. The lowest BCUT2D eigenvalue weighted by Gasteiger charge is -2.25. The van der Waals surface area contributed by atoms with Gasteiger partial charge in [-0.3, -0.25) is 24.2 Å². The van der Waals surface area contributed by atoms with Crippen LogP contribution < -0.4 is 4.90 Å². The number of amides is 3. The molecule has 2 fully saturated rings. The Labute approximate surface area is 157 Å². The maximum absolute atomic E-state index is 13.1. The Balaban J connectivity index is 1.80. The van der Waals surface area contributed by atoms with Crippen molar-refractivity contribution in [2.75, 3.05) is 11.4 Å². The fraction of sp³-hybridized carbons (Fsp3) is 0.227. The normalized spacial score (nSPS) is 24.0. The van der Waals surface area contributed by atoms with Crippen LogP contribution in [-0.2, 0) is 14.4 Å². The molecule has 134 valence electrons. The summed E-state index contributed by atoms with van der Waals surface area (Å²) in [6.45, 7) is 2.00. The maximum Gasteiger partial charge on any atom is 0.242 e. The molecule has 0 aromatic heterocycles. The van der Waals surface area contributed by atoms with Crippen molar-refractivity contribution in [3.05, 3.63) is 66.2 Å². The first-order valence-corrected chi connectivity index (χ1v) is 8.93. The Bertz CT molecular complexity index is 959. The van der Waals surface area contributed by atoms with E-state index in [1.54, 1.807) is 19.1 Å². The van der Waals surface area contributed by atoms with E-state index in [0.29, 0.717) is 5.69 Å². The van der Waals surface area contributed by atoms with Crippen molar-refractivity contribution < 1.29 is 14.4 Å². The number of fused-ring (bicyclic) bond motifs is 1. The van der Waals surface area contributed by atoms with Gasteiger partial charge in [-0.1, -0.05) is 48.2 Å². The molecule has 27 heavy (non-hydrogen) atoms. The maximum atomic E-state index is 13.1. The summed E-state index contributed by atoms with van der Waals surface area (Å²) in [5.74, 6) is 3.34. The molecule has 3 atom stereocenters. The van der Waals surface area contributed by atoms with Crippen LogP contribution in [0.4, 0.5) is 5.69 Å². The third-order valence-corrected chi connectivity index (χ3v) is 5.05. The molecule has 0 aliphatic carbocycles. The summed E-state index contributed by atoms with van der Waals surface area (Å²) in [6.07, 6.45) is 0. The summed E-state index contributed by atoms with van der Waals surface area (Å²) < 4.78 is 0. The average Bonchev–Trinajstić information content (AvgIpc) is 3.13. The molecule has 0 unspecified atom stereocenters. The van der Waals surface area contributed by atoms with Crippen molar-refractivity contribution in [2.45, 2.75) is 13.0 Å². The molecule has 0 bridgehead atoms. The van der Waals surface area contributed by atoms with Crippen molar-refractivity contribution in [1.82, 2.24) is 4.90 Å². The SMILES string of the molecule is CCN1C(=O)[C@@H]2C(=O)N(c3ccccc3)[C@H](C#Cc3ccccc3)[C@@H]2C1=O. The molecule has 0 spiro atoms. The second kappa shape index (κ2) is 6.73. The van der Waals surface area contributed by atoms with Gasteiger partial charge in [-0.15, -0.1) is 0 Å². The van der Waals surface area contributed by atoms with Crippen LogP contribution in [0.2, 0.25) is 0 Å². The highest BCUT2D eigenvalue weighted by atomic mass is 16.2. The van der Waals surface area contributed by atoms with Gasteiger partial charge in [0, 0.05) is 17.8 Å². The van der Waals surface area contributed by atoms with Crippen LogP contribution in [0.1, 0.15) is 12.5 Å². The lowest BCUT2D eigenvalue weighted by atomic mass is 9.93. The highest BCUT2D eigenvalue weighted by Gasteiger charge is 2.61. The van der Waals surface area contributed by atoms with E-state index in [1.165, 1.54) is 9.80 Å². The quantitative estimate of drug-likeness (QED) is 0.469. The minimum absolute atomic E-state index is 0.266. The number of para-hydroxylation sites is 1. The molecule has 5 heteroatoms. The molecule has 2 aromatic rings. The highest BCUT2D eigenvalue weighted by molar-refractivity contribution is 6.21. The topological polar surface area (TPSA) is 57.7 Å². The Morgan fingerprint density at radius 1 is 0.852 bits per heavy atom. The lowest BCUT2D eigenvalue weighted by Crippen LogP contribution is -2.42. The number of likely N-dealkylation sites (tertiary alicyclic amines) is 1. The molecule has 2 saturated heterocycles. The molecular weight excluding hydrogens is 340 g/mol. The number of nitrogens with zero attached hydrogens (tertiary/aromatic N) is 2. The summed E-state index contributed by atoms with van der Waals surface area (Å²) in [4.78, 5) is 41.2. The van der Waals surface area contributed by atoms with Gasteiger partial charge in [0.05, 0.1) is 5.92 Å². The van der Waals surface area contributed by atoms with Crippen LogP contribution in [0.3, 0.4) is 0 Å². The van der Waals surface area contributed by atoms with Gasteiger partial charge in [-0.2, -0.15) is 0 Å². The first-order chi connectivity index (χ1) is 13.1. The molecule has 4 rings (SSSR count). The van der Waals surface area contributed by atoms with Gasteiger partial charge in [0.25, 0.3) is 0 Å². The van der Waals surface area contributed by atoms with Crippen molar-refractivity contribution in [1.29, 1.82) is 0 Å². The van der Waals surface area contributed by atoms with Crippen LogP contribution in [0.15, 0.2) is 60.7 Å². The number of rotatable bonds is 2. The van der Waals surface area contributed by atoms with E-state index in [1.807, 2.05) is 48.5 Å². The van der Waals surface area contributed by atoms with E-state index in [0.717, 1.165) is 5.56 Å². The zero-order valence-electron chi connectivity index (χ0n) is 14.8. The molecule has 3 amide bonds. The summed E-state index contributed by atoms with van der Waals surface area (Å²) >= 11 is 0. The standard InChI is InChI=1S/C22H18N2O3/c1-2-23-20(25)18-17(14-13-15-9-5-3-6-10-15)24(16-11-7-4-8-12-16)22(27)19(18)21(23)26/h3-12,17-19H,2H2,1H3/t17-,18+,19-/m1/s1. The van der Waals surface area contributed by atoms with Crippen LogP contribution in [0.5, 0.6) is 0 Å². The third kappa shape index (κ3) is 2.70. The van der Waals surface area contributed by atoms with Crippen LogP contribution in [0.25, 0.3) is 0 Å². The summed E-state index contributed by atoms with van der Waals surface area (Å²) in [7, 11) is 0. The van der Waals surface area contributed by atoms with Gasteiger partial charge in [-0.05, 0) is 31.2 Å². The fourth-order valence-corrected chi connectivity index (χ4v) is 3.80. The molecule has 0 N–H and O–H groups in total. The minimum atomic E-state index is -0.979. The fourth-order valence-electron chi connectivity index (χ4n) is 3.80. The number of imide groups is 1. The molecule has 0 saturated carbocycles. The van der Waals surface area contributed by atoms with Crippen molar-refractivity contribution in [3.63, 3.8) is 0 Å². The predicted molar refractivity (Wildman–Crippen MR) is 100 cm³/mol. The predicted octanol–water partition coefficient (Wildman–Crippen LogP) is 2.07. The number of carbonyl (C=O) groups excluding carboxylic acids is 3. The number of anilines is 1. The molecule has 2 aliphatic heterocycles. The highest BCUT2D eigenvalue weighted by Crippen LogP contribution is 2.41. The van der Waals surface area contributed by atoms with Crippen LogP contribution >= 0.6 is 0 Å². The molecule has 2 heterocycles. The van der Waals surface area contributed by atoms with E-state index >= 15 is 0 Å². The number of hydrogen-bond donors (Lipinski definition) is 0. The number of carbonyl (C=O) groups is 3. The van der Waals surface area contributed by atoms with Gasteiger partial charge in [-0.25, -0.2) is 0 Å². The molecule has 2 aliphatic rings. The Morgan fingerprint density at radius 2 is 1.48 bits per heavy atom. The summed E-state index contributed by atoms with van der Waals surface area (Å²) in [6, 6.07) is 17.8. The minimum Gasteiger partial charge on any atom is -0.296 e. The molecule has 2 aromatic carbocycles. The smallest absolute Gasteiger partial charge is 0.242 e. The largest absolute Gasteiger partial charge is 0.296 e. The Hall–Kier alpha value is -3.39. The Morgan fingerprint density at radius 3 is 2.11 bits per heavy atom. The summed E-state index contributed by atoms with van der Waals surface area (Å²) in [5, 5.41) is 0. The van der Waals surface area contributed by atoms with Crippen molar-refractivity contribution in [2.24, 2.45) is 11.8 Å². The Kier molecular flexibility index (Phi) is 4.25. The van der Waals surface area contributed by atoms with E-state index in [4.69, 9.17) is 0 Å². The molecule has 0 radical (unpaired) electrons. The lowest BCUT2D eigenvalue weighted by molar-refractivity contribution is -0.140. The molecular formula is C22H18N2O3. The monoisotopic (exact) mass is 358 g/mol. The van der Waals surface area contributed by atoms with E-state index < -0.39 is 23.8 Å². The van der Waals surface area contributed by atoms with Gasteiger partial charge >= 0.3 is 0 Å². The van der Waals surface area contributed by atoms with E-state index in [9.17, 15) is 14.4 Å². The first kappa shape index (κ1) is 17.0. The van der Waals surface area contributed by atoms with Gasteiger partial charge in [0.2, 0.25) is 17.7 Å². The van der Waals surface area contributed by atoms with Crippen molar-refractivity contribution in [3.8, 4) is 11.8 Å². The van der Waals surface area contributed by atoms with Gasteiger partial charge < -0.3 is 0 Å². The average molecular weight is 358 g/mol. The van der Waals surface area contributed by atoms with Gasteiger partial charge in [0.15, 0.2) is 0 Å². The summed E-state index contributed by atoms with van der Waals surface area (Å²) in [5.41, 5.74) is 1.44. The third-order valence-electron chi connectivity index (χ3n) is 5.05. The number of hydrogen-bond acceptors (Lipinski definition) is 3. The zero-order chi connectivity index (χ0) is 19.0. The molecule has 5 nitrogen and oxygen atoms in total. The first-order valence-electron chi connectivity index (χ1n) is 8.93. The van der Waals surface area contributed by atoms with Crippen LogP contribution in [-0.4, -0.2) is 35.2 Å². The second-order valence-corrected chi connectivity index (χ2v) is 6.55. The van der Waals surface area contributed by atoms with E-state index in [2.05, 4.69) is 11.8 Å². The van der Waals surface area contributed by atoms with Crippen molar-refractivity contribution >= 4 is 23.4 Å². The van der Waals surface area contributed by atoms with Crippen LogP contribution in [0, 0.1) is 23.7 Å². The van der Waals surface area contributed by atoms with E-state index in [-0.39, 0.29) is 18.4 Å². The second-order valence-electron chi connectivity index (χ2n) is 6.55.